The van der Waals surface area contributed by atoms with Gasteiger partial charge in [-0.3, -0.25) is 0 Å². The lowest BCUT2D eigenvalue weighted by Crippen LogP contribution is -2.11. The van der Waals surface area contributed by atoms with E-state index in [2.05, 4.69) is 28.1 Å². The zero-order valence-electron chi connectivity index (χ0n) is 9.52. The van der Waals surface area contributed by atoms with Crippen LogP contribution in [0.2, 0.25) is 0 Å². The van der Waals surface area contributed by atoms with Gasteiger partial charge in [0.15, 0.2) is 0 Å². The fourth-order valence-electron chi connectivity index (χ4n) is 1.61. The van der Waals surface area contributed by atoms with Gasteiger partial charge in [0.05, 0.1) is 7.11 Å². The summed E-state index contributed by atoms with van der Waals surface area (Å²) in [5.74, 6) is 0.885. The monoisotopic (exact) mass is 311 g/mol. The zero-order valence-corrected chi connectivity index (χ0v) is 11.9. The largest absolute Gasteiger partial charge is 0.496 e. The van der Waals surface area contributed by atoms with Gasteiger partial charge < -0.3 is 10.5 Å². The number of nitrogens with two attached hydrogens (primary N) is 1. The van der Waals surface area contributed by atoms with Crippen LogP contribution >= 0.6 is 27.3 Å². The second kappa shape index (κ2) is 5.67. The highest BCUT2D eigenvalue weighted by molar-refractivity contribution is 9.10. The highest BCUT2D eigenvalue weighted by atomic mass is 79.9. The van der Waals surface area contributed by atoms with Crippen LogP contribution in [0.4, 0.5) is 0 Å². The van der Waals surface area contributed by atoms with Gasteiger partial charge in [-0.05, 0) is 30.2 Å². The molecule has 2 rings (SSSR count). The Hall–Kier alpha value is -0.840. The summed E-state index contributed by atoms with van der Waals surface area (Å²) in [6.45, 7) is 0. The summed E-state index contributed by atoms with van der Waals surface area (Å²) in [7, 11) is 1.67. The Morgan fingerprint density at radius 1 is 1.35 bits per heavy atom. The minimum absolute atomic E-state index is 0.0325. The molecule has 0 saturated carbocycles. The van der Waals surface area contributed by atoms with Crippen molar-refractivity contribution >= 4 is 27.3 Å². The number of halogens is 1. The van der Waals surface area contributed by atoms with Crippen molar-refractivity contribution in [3.8, 4) is 5.75 Å². The fourth-order valence-corrected chi connectivity index (χ4v) is 2.73. The number of hydrogen-bond donors (Lipinski definition) is 1. The molecule has 90 valence electrons. The first-order valence-electron chi connectivity index (χ1n) is 5.31. The van der Waals surface area contributed by atoms with Crippen molar-refractivity contribution in [2.45, 2.75) is 12.5 Å². The molecule has 0 aliphatic carbocycles. The summed E-state index contributed by atoms with van der Waals surface area (Å²) >= 11 is 5.07. The normalized spacial score (nSPS) is 12.4. The van der Waals surface area contributed by atoms with E-state index in [1.807, 2.05) is 23.6 Å². The second-order valence-corrected chi connectivity index (χ2v) is 5.68. The average Bonchev–Trinajstić information content (AvgIpc) is 2.81. The van der Waals surface area contributed by atoms with Crippen LogP contribution in [0.15, 0.2) is 40.2 Å². The Morgan fingerprint density at radius 2 is 2.06 bits per heavy atom. The van der Waals surface area contributed by atoms with Crippen molar-refractivity contribution < 1.29 is 4.74 Å². The summed E-state index contributed by atoms with van der Waals surface area (Å²) < 4.78 is 6.25. The maximum Gasteiger partial charge on any atom is 0.129 e. The zero-order chi connectivity index (χ0) is 12.3. The SMILES string of the molecule is COc1csc(C(N)Cc2ccc(Br)cc2)c1. The van der Waals surface area contributed by atoms with E-state index in [0.29, 0.717) is 0 Å². The lowest BCUT2D eigenvalue weighted by Gasteiger charge is -2.09. The molecule has 0 spiro atoms. The lowest BCUT2D eigenvalue weighted by molar-refractivity contribution is 0.416. The predicted molar refractivity (Wildman–Crippen MR) is 75.6 cm³/mol. The van der Waals surface area contributed by atoms with Crippen molar-refractivity contribution in [2.24, 2.45) is 5.73 Å². The highest BCUT2D eigenvalue weighted by Crippen LogP contribution is 2.27. The maximum absolute atomic E-state index is 6.18. The van der Waals surface area contributed by atoms with Gasteiger partial charge in [0, 0.05) is 20.8 Å². The molecule has 4 heteroatoms. The van der Waals surface area contributed by atoms with Crippen LogP contribution < -0.4 is 10.5 Å². The number of hydrogen-bond acceptors (Lipinski definition) is 3. The number of ether oxygens (including phenoxy) is 1. The van der Waals surface area contributed by atoms with E-state index in [9.17, 15) is 0 Å². The number of benzene rings is 1. The van der Waals surface area contributed by atoms with Crippen molar-refractivity contribution in [1.29, 1.82) is 0 Å². The van der Waals surface area contributed by atoms with Gasteiger partial charge in [-0.25, -0.2) is 0 Å². The average molecular weight is 312 g/mol. The van der Waals surface area contributed by atoms with Crippen LogP contribution in [0.25, 0.3) is 0 Å². The van der Waals surface area contributed by atoms with E-state index < -0.39 is 0 Å². The van der Waals surface area contributed by atoms with E-state index in [4.69, 9.17) is 10.5 Å². The minimum atomic E-state index is 0.0325. The molecule has 1 aromatic carbocycles. The molecule has 0 bridgehead atoms. The van der Waals surface area contributed by atoms with Crippen molar-refractivity contribution in [2.75, 3.05) is 7.11 Å². The third-order valence-electron chi connectivity index (χ3n) is 2.57. The molecular formula is C13H14BrNOS. The van der Waals surface area contributed by atoms with E-state index in [1.54, 1.807) is 18.4 Å². The Balaban J connectivity index is 2.05. The van der Waals surface area contributed by atoms with Gasteiger partial charge in [0.1, 0.15) is 5.75 Å². The molecular weight excluding hydrogens is 298 g/mol. The summed E-state index contributed by atoms with van der Waals surface area (Å²) in [6, 6.07) is 10.3. The quantitative estimate of drug-likeness (QED) is 0.933. The first-order valence-corrected chi connectivity index (χ1v) is 6.99. The summed E-state index contributed by atoms with van der Waals surface area (Å²) in [5, 5.41) is 1.98. The topological polar surface area (TPSA) is 35.2 Å². The Kier molecular flexibility index (Phi) is 4.20. The van der Waals surface area contributed by atoms with Crippen LogP contribution in [0, 0.1) is 0 Å². The lowest BCUT2D eigenvalue weighted by atomic mass is 10.1. The molecule has 0 fully saturated rings. The first-order chi connectivity index (χ1) is 8.19. The number of thiophene rings is 1. The standard InChI is InChI=1S/C13H14BrNOS/c1-16-11-7-13(17-8-11)12(15)6-9-2-4-10(14)5-3-9/h2-5,7-8,12H,6,15H2,1H3. The molecule has 0 aliphatic heterocycles. The third-order valence-corrected chi connectivity index (χ3v) is 4.14. The fraction of sp³-hybridized carbons (Fsp3) is 0.231. The molecule has 2 aromatic rings. The van der Waals surface area contributed by atoms with Crippen LogP contribution in [0.3, 0.4) is 0 Å². The molecule has 0 amide bonds. The number of rotatable bonds is 4. The van der Waals surface area contributed by atoms with E-state index >= 15 is 0 Å². The third kappa shape index (κ3) is 3.31. The first kappa shape index (κ1) is 12.6. The van der Waals surface area contributed by atoms with Gasteiger partial charge in [0.2, 0.25) is 0 Å². The smallest absolute Gasteiger partial charge is 0.129 e. The van der Waals surface area contributed by atoms with Gasteiger partial charge in [-0.2, -0.15) is 0 Å². The van der Waals surface area contributed by atoms with Crippen molar-refractivity contribution in [3.63, 3.8) is 0 Å². The van der Waals surface area contributed by atoms with Crippen LogP contribution in [0.5, 0.6) is 5.75 Å². The van der Waals surface area contributed by atoms with E-state index in [1.165, 1.54) is 5.56 Å². The van der Waals surface area contributed by atoms with Crippen LogP contribution in [-0.4, -0.2) is 7.11 Å². The molecule has 2 N–H and O–H groups in total. The molecule has 2 nitrogen and oxygen atoms in total. The van der Waals surface area contributed by atoms with Crippen molar-refractivity contribution in [3.05, 3.63) is 50.6 Å². The summed E-state index contributed by atoms with van der Waals surface area (Å²) in [6.07, 6.45) is 0.844. The van der Waals surface area contributed by atoms with Gasteiger partial charge >= 0.3 is 0 Å². The second-order valence-electron chi connectivity index (χ2n) is 3.83. The van der Waals surface area contributed by atoms with Gasteiger partial charge in [-0.1, -0.05) is 28.1 Å². The van der Waals surface area contributed by atoms with Gasteiger partial charge in [0.25, 0.3) is 0 Å². The minimum Gasteiger partial charge on any atom is -0.496 e. The number of methoxy groups -OCH3 is 1. The molecule has 17 heavy (non-hydrogen) atoms. The van der Waals surface area contributed by atoms with Crippen LogP contribution in [0.1, 0.15) is 16.5 Å². The molecule has 1 heterocycles. The molecule has 0 saturated heterocycles. The molecule has 1 aromatic heterocycles. The molecule has 0 radical (unpaired) electrons. The molecule has 1 unspecified atom stereocenters. The van der Waals surface area contributed by atoms with E-state index in [0.717, 1.165) is 21.5 Å². The maximum atomic E-state index is 6.18. The van der Waals surface area contributed by atoms with Crippen LogP contribution in [-0.2, 0) is 6.42 Å². The molecule has 0 aliphatic rings. The Bertz CT molecular complexity index is 480. The summed E-state index contributed by atoms with van der Waals surface area (Å²) in [4.78, 5) is 1.16. The predicted octanol–water partition coefficient (Wildman–Crippen LogP) is 3.76. The molecule has 1 atom stereocenters. The Labute approximate surface area is 114 Å². The summed E-state index contributed by atoms with van der Waals surface area (Å²) in [5.41, 5.74) is 7.42. The van der Waals surface area contributed by atoms with E-state index in [-0.39, 0.29) is 6.04 Å². The highest BCUT2D eigenvalue weighted by Gasteiger charge is 2.10. The Morgan fingerprint density at radius 3 is 2.65 bits per heavy atom. The van der Waals surface area contributed by atoms with Gasteiger partial charge in [-0.15, -0.1) is 11.3 Å². The van der Waals surface area contributed by atoms with Crippen molar-refractivity contribution in [1.82, 2.24) is 0 Å².